The van der Waals surface area contributed by atoms with Crippen LogP contribution < -0.4 is 5.32 Å². The van der Waals surface area contributed by atoms with Gasteiger partial charge in [0.05, 0.1) is 17.9 Å². The summed E-state index contributed by atoms with van der Waals surface area (Å²) in [6.45, 7) is 2.35. The molecule has 0 saturated heterocycles. The molecule has 0 fully saturated rings. The van der Waals surface area contributed by atoms with Crippen LogP contribution in [0, 0.1) is 12.7 Å². The Hall–Kier alpha value is -3.81. The Kier molecular flexibility index (Phi) is 4.67. The van der Waals surface area contributed by atoms with Crippen molar-refractivity contribution in [2.75, 3.05) is 5.32 Å². The van der Waals surface area contributed by atoms with Crippen molar-refractivity contribution in [2.24, 2.45) is 0 Å². The number of nitrogens with zero attached hydrogens (tertiary/aromatic N) is 5. The maximum Gasteiger partial charge on any atom is 0.278 e. The highest BCUT2D eigenvalue weighted by atomic mass is 19.1. The van der Waals surface area contributed by atoms with Gasteiger partial charge in [0.1, 0.15) is 5.82 Å². The first-order chi connectivity index (χ1) is 13.6. The average Bonchev–Trinajstić information content (AvgIpc) is 3.32. The number of amides is 1. The number of rotatable bonds is 5. The van der Waals surface area contributed by atoms with Gasteiger partial charge in [0.25, 0.3) is 5.91 Å². The second-order valence-electron chi connectivity index (χ2n) is 6.27. The summed E-state index contributed by atoms with van der Waals surface area (Å²) in [4.78, 5) is 12.7. The van der Waals surface area contributed by atoms with Crippen LogP contribution in [-0.2, 0) is 6.54 Å². The Morgan fingerprint density at radius 2 is 1.96 bits per heavy atom. The number of nitrogens with one attached hydrogen (secondary N) is 1. The molecule has 140 valence electrons. The van der Waals surface area contributed by atoms with Crippen LogP contribution in [-0.4, -0.2) is 30.7 Å². The van der Waals surface area contributed by atoms with Crippen LogP contribution in [0.2, 0.25) is 0 Å². The minimum atomic E-state index is -0.359. The summed E-state index contributed by atoms with van der Waals surface area (Å²) in [6.07, 6.45) is 3.60. The summed E-state index contributed by atoms with van der Waals surface area (Å²) in [5.74, 6) is -0.698. The van der Waals surface area contributed by atoms with E-state index >= 15 is 0 Å². The lowest BCUT2D eigenvalue weighted by Crippen LogP contribution is -2.14. The highest BCUT2D eigenvalue weighted by molar-refractivity contribution is 6.03. The standard InChI is InChI=1S/C20H17FN6O/c1-14-19(24-25-27(14)18-8-6-16(21)7-9-18)20(28)23-17-5-2-4-15(12-17)13-26-11-3-10-22-26/h2-12H,13H2,1H3,(H,23,28). The number of hydrogen-bond donors (Lipinski definition) is 1. The van der Waals surface area contributed by atoms with Crippen LogP contribution in [0.4, 0.5) is 10.1 Å². The van der Waals surface area contributed by atoms with Crippen molar-refractivity contribution in [1.29, 1.82) is 0 Å². The van der Waals surface area contributed by atoms with Crippen LogP contribution >= 0.6 is 0 Å². The van der Waals surface area contributed by atoms with Gasteiger partial charge in [-0.2, -0.15) is 5.10 Å². The first-order valence-electron chi connectivity index (χ1n) is 8.66. The molecule has 0 bridgehead atoms. The number of aromatic nitrogens is 5. The Morgan fingerprint density at radius 1 is 1.14 bits per heavy atom. The maximum absolute atomic E-state index is 13.1. The average molecular weight is 376 g/mol. The molecular formula is C20H17FN6O. The largest absolute Gasteiger partial charge is 0.321 e. The zero-order valence-electron chi connectivity index (χ0n) is 15.1. The minimum Gasteiger partial charge on any atom is -0.321 e. The van der Waals surface area contributed by atoms with E-state index in [0.29, 0.717) is 23.6 Å². The third kappa shape index (κ3) is 3.66. The lowest BCUT2D eigenvalue weighted by atomic mass is 10.2. The van der Waals surface area contributed by atoms with Crippen molar-refractivity contribution in [3.8, 4) is 5.69 Å². The molecule has 28 heavy (non-hydrogen) atoms. The fourth-order valence-electron chi connectivity index (χ4n) is 2.89. The molecule has 4 aromatic rings. The van der Waals surface area contributed by atoms with Crippen LogP contribution in [0.1, 0.15) is 21.7 Å². The predicted molar refractivity (Wildman–Crippen MR) is 102 cm³/mol. The summed E-state index contributed by atoms with van der Waals surface area (Å²) in [5, 5.41) is 15.0. The van der Waals surface area contributed by atoms with Crippen molar-refractivity contribution in [3.63, 3.8) is 0 Å². The van der Waals surface area contributed by atoms with Crippen LogP contribution in [0.25, 0.3) is 5.69 Å². The van der Waals surface area contributed by atoms with E-state index in [1.807, 2.05) is 36.5 Å². The van der Waals surface area contributed by atoms with E-state index in [4.69, 9.17) is 0 Å². The van der Waals surface area contributed by atoms with E-state index in [0.717, 1.165) is 5.56 Å². The second-order valence-corrected chi connectivity index (χ2v) is 6.27. The lowest BCUT2D eigenvalue weighted by Gasteiger charge is -2.07. The molecule has 1 amide bonds. The summed E-state index contributed by atoms with van der Waals surface area (Å²) in [5.41, 5.74) is 3.07. The SMILES string of the molecule is Cc1c(C(=O)Nc2cccc(Cn3cccn3)c2)nnn1-c1ccc(F)cc1. The molecule has 0 aliphatic carbocycles. The van der Waals surface area contributed by atoms with Gasteiger partial charge in [0.2, 0.25) is 0 Å². The van der Waals surface area contributed by atoms with E-state index < -0.39 is 0 Å². The number of anilines is 1. The number of halogens is 1. The smallest absolute Gasteiger partial charge is 0.278 e. The van der Waals surface area contributed by atoms with Crippen molar-refractivity contribution in [2.45, 2.75) is 13.5 Å². The van der Waals surface area contributed by atoms with Gasteiger partial charge >= 0.3 is 0 Å². The fraction of sp³-hybridized carbons (Fsp3) is 0.100. The Labute approximate surface area is 160 Å². The number of benzene rings is 2. The molecule has 4 rings (SSSR count). The van der Waals surface area contributed by atoms with Gasteiger partial charge in [-0.1, -0.05) is 17.3 Å². The summed E-state index contributed by atoms with van der Waals surface area (Å²) < 4.78 is 16.4. The normalized spacial score (nSPS) is 10.8. The van der Waals surface area contributed by atoms with E-state index in [9.17, 15) is 9.18 Å². The molecule has 0 atom stereocenters. The van der Waals surface area contributed by atoms with Gasteiger partial charge in [0.15, 0.2) is 5.69 Å². The van der Waals surface area contributed by atoms with Gasteiger partial charge < -0.3 is 5.32 Å². The fourth-order valence-corrected chi connectivity index (χ4v) is 2.89. The van der Waals surface area contributed by atoms with Gasteiger partial charge in [-0.15, -0.1) is 5.10 Å². The summed E-state index contributed by atoms with van der Waals surface area (Å²) >= 11 is 0. The summed E-state index contributed by atoms with van der Waals surface area (Å²) in [6, 6.07) is 15.2. The van der Waals surface area contributed by atoms with Gasteiger partial charge in [0, 0.05) is 18.1 Å². The van der Waals surface area contributed by atoms with Crippen molar-refractivity contribution < 1.29 is 9.18 Å². The van der Waals surface area contributed by atoms with Crippen LogP contribution in [0.5, 0.6) is 0 Å². The molecule has 8 heteroatoms. The molecule has 2 aromatic carbocycles. The van der Waals surface area contributed by atoms with E-state index in [-0.39, 0.29) is 17.4 Å². The number of carbonyl (C=O) groups excluding carboxylic acids is 1. The predicted octanol–water partition coefficient (Wildman–Crippen LogP) is 3.21. The number of hydrogen-bond acceptors (Lipinski definition) is 4. The number of carbonyl (C=O) groups is 1. The Bertz CT molecular complexity index is 1100. The van der Waals surface area contributed by atoms with Gasteiger partial charge in [-0.3, -0.25) is 9.48 Å². The Balaban J connectivity index is 1.52. The molecule has 0 unspecified atom stereocenters. The van der Waals surface area contributed by atoms with Crippen LogP contribution in [0.15, 0.2) is 67.0 Å². The monoisotopic (exact) mass is 376 g/mol. The third-order valence-electron chi connectivity index (χ3n) is 4.27. The zero-order valence-corrected chi connectivity index (χ0v) is 15.1. The molecule has 0 spiro atoms. The molecular weight excluding hydrogens is 359 g/mol. The highest BCUT2D eigenvalue weighted by Gasteiger charge is 2.17. The first-order valence-corrected chi connectivity index (χ1v) is 8.66. The Morgan fingerprint density at radius 3 is 2.71 bits per heavy atom. The minimum absolute atomic E-state index is 0.210. The highest BCUT2D eigenvalue weighted by Crippen LogP contribution is 2.16. The summed E-state index contributed by atoms with van der Waals surface area (Å²) in [7, 11) is 0. The molecule has 1 N–H and O–H groups in total. The van der Waals surface area contributed by atoms with E-state index in [1.54, 1.807) is 29.9 Å². The molecule has 2 aromatic heterocycles. The topological polar surface area (TPSA) is 77.6 Å². The van der Waals surface area contributed by atoms with E-state index in [2.05, 4.69) is 20.7 Å². The maximum atomic E-state index is 13.1. The second kappa shape index (κ2) is 7.43. The van der Waals surface area contributed by atoms with Crippen molar-refractivity contribution >= 4 is 11.6 Å². The van der Waals surface area contributed by atoms with Gasteiger partial charge in [-0.25, -0.2) is 9.07 Å². The molecule has 2 heterocycles. The lowest BCUT2D eigenvalue weighted by molar-refractivity contribution is 0.102. The van der Waals surface area contributed by atoms with Gasteiger partial charge in [-0.05, 0) is 55.0 Å². The molecule has 0 radical (unpaired) electrons. The molecule has 0 aliphatic heterocycles. The quantitative estimate of drug-likeness (QED) is 0.580. The zero-order chi connectivity index (χ0) is 19.5. The van der Waals surface area contributed by atoms with Crippen molar-refractivity contribution in [1.82, 2.24) is 24.8 Å². The van der Waals surface area contributed by atoms with E-state index in [1.165, 1.54) is 16.8 Å². The molecule has 0 aliphatic rings. The molecule has 7 nitrogen and oxygen atoms in total. The van der Waals surface area contributed by atoms with Crippen molar-refractivity contribution in [3.05, 3.63) is 89.8 Å². The first kappa shape index (κ1) is 17.6. The van der Waals surface area contributed by atoms with Crippen LogP contribution in [0.3, 0.4) is 0 Å². The third-order valence-corrected chi connectivity index (χ3v) is 4.27. The molecule has 0 saturated carbocycles.